The van der Waals surface area contributed by atoms with Crippen LogP contribution in [0.5, 0.6) is 0 Å². The van der Waals surface area contributed by atoms with E-state index in [4.69, 9.17) is 22.7 Å². The van der Waals surface area contributed by atoms with Crippen molar-refractivity contribution in [3.05, 3.63) is 28.8 Å². The average molecular weight is 257 g/mol. The minimum atomic E-state index is 0.0315. The topological polar surface area (TPSA) is 49.9 Å². The first-order valence-corrected chi connectivity index (χ1v) is 6.48. The third kappa shape index (κ3) is 3.16. The molecule has 1 aromatic carbocycles. The van der Waals surface area contributed by atoms with Gasteiger partial charge in [-0.25, -0.2) is 0 Å². The second kappa shape index (κ2) is 5.60. The van der Waals surface area contributed by atoms with E-state index in [2.05, 4.69) is 20.8 Å². The summed E-state index contributed by atoms with van der Waals surface area (Å²) in [4.78, 5) is 0.987. The summed E-state index contributed by atoms with van der Waals surface area (Å²) in [5.74, 6) is 0.604. The zero-order valence-corrected chi connectivity index (χ0v) is 11.3. The van der Waals surface area contributed by atoms with Crippen molar-refractivity contribution in [2.24, 2.45) is 11.7 Å². The fourth-order valence-electron chi connectivity index (χ4n) is 1.20. The van der Waals surface area contributed by atoms with Crippen LogP contribution in [0.1, 0.15) is 26.3 Å². The number of nitrogen functional groups attached to an aromatic ring is 1. The lowest BCUT2D eigenvalue weighted by atomic mass is 10.1. The van der Waals surface area contributed by atoms with E-state index in [9.17, 15) is 0 Å². The summed E-state index contributed by atoms with van der Waals surface area (Å²) in [6.07, 6.45) is 0. The lowest BCUT2D eigenvalue weighted by Crippen LogP contribution is -2.14. The van der Waals surface area contributed by atoms with Gasteiger partial charge in [-0.05, 0) is 18.1 Å². The molecule has 3 N–H and O–H groups in total. The van der Waals surface area contributed by atoms with Gasteiger partial charge in [0.25, 0.3) is 0 Å². The van der Waals surface area contributed by atoms with E-state index in [1.807, 2.05) is 12.1 Å². The number of hydrogen-bond donors (Lipinski definition) is 2. The quantitative estimate of drug-likeness (QED) is 0.490. The van der Waals surface area contributed by atoms with E-state index in [0.717, 1.165) is 4.90 Å². The Morgan fingerprint density at radius 3 is 2.50 bits per heavy atom. The highest BCUT2D eigenvalue weighted by molar-refractivity contribution is 8.00. The van der Waals surface area contributed by atoms with Gasteiger partial charge in [0, 0.05) is 15.7 Å². The van der Waals surface area contributed by atoms with Crippen molar-refractivity contribution in [1.29, 1.82) is 5.41 Å². The summed E-state index contributed by atoms with van der Waals surface area (Å²) >= 11 is 7.77. The van der Waals surface area contributed by atoms with Gasteiger partial charge in [0.1, 0.15) is 5.84 Å². The SMILES string of the molecule is CC(C)C(C)Sc1cccc(Cl)c1C(=N)N. The molecule has 4 heteroatoms. The molecule has 1 rings (SSSR count). The Morgan fingerprint density at radius 2 is 2.00 bits per heavy atom. The van der Waals surface area contributed by atoms with Crippen molar-refractivity contribution in [2.45, 2.75) is 30.9 Å². The molecule has 0 aromatic heterocycles. The highest BCUT2D eigenvalue weighted by Crippen LogP contribution is 2.33. The predicted molar refractivity (Wildman–Crippen MR) is 72.6 cm³/mol. The van der Waals surface area contributed by atoms with Crippen LogP contribution < -0.4 is 5.73 Å². The molecule has 0 spiro atoms. The predicted octanol–water partition coefficient (Wildman–Crippen LogP) is 3.76. The molecule has 0 aliphatic rings. The molecule has 1 aromatic rings. The molecule has 0 saturated carbocycles. The molecule has 0 saturated heterocycles. The third-order valence-electron chi connectivity index (χ3n) is 2.50. The van der Waals surface area contributed by atoms with Gasteiger partial charge in [-0.1, -0.05) is 38.4 Å². The van der Waals surface area contributed by atoms with E-state index in [1.165, 1.54) is 0 Å². The second-order valence-corrected chi connectivity index (χ2v) is 5.92. The zero-order chi connectivity index (χ0) is 12.3. The number of hydrogen-bond acceptors (Lipinski definition) is 2. The maximum Gasteiger partial charge on any atom is 0.125 e. The van der Waals surface area contributed by atoms with Gasteiger partial charge in [0.05, 0.1) is 5.02 Å². The molecular weight excluding hydrogens is 240 g/mol. The van der Waals surface area contributed by atoms with Crippen molar-refractivity contribution >= 4 is 29.2 Å². The second-order valence-electron chi connectivity index (χ2n) is 4.09. The van der Waals surface area contributed by atoms with Crippen LogP contribution in [0.3, 0.4) is 0 Å². The van der Waals surface area contributed by atoms with Crippen molar-refractivity contribution < 1.29 is 0 Å². The van der Waals surface area contributed by atoms with Crippen LogP contribution in [0.2, 0.25) is 5.02 Å². The molecular formula is C12H17ClN2S. The number of nitrogens with one attached hydrogen (secondary N) is 1. The van der Waals surface area contributed by atoms with Crippen LogP contribution in [-0.2, 0) is 0 Å². The molecule has 0 radical (unpaired) electrons. The van der Waals surface area contributed by atoms with Crippen LogP contribution in [-0.4, -0.2) is 11.1 Å². The molecule has 2 nitrogen and oxygen atoms in total. The first-order chi connectivity index (χ1) is 7.43. The lowest BCUT2D eigenvalue weighted by molar-refractivity contribution is 0.642. The first kappa shape index (κ1) is 13.4. The van der Waals surface area contributed by atoms with Gasteiger partial charge in [-0.15, -0.1) is 11.8 Å². The monoisotopic (exact) mass is 256 g/mol. The highest BCUT2D eigenvalue weighted by atomic mass is 35.5. The van der Waals surface area contributed by atoms with Gasteiger partial charge >= 0.3 is 0 Å². The standard InChI is InChI=1S/C12H17ClN2S/c1-7(2)8(3)16-10-6-4-5-9(13)11(10)12(14)15/h4-8H,1-3H3,(H3,14,15). The average Bonchev–Trinajstić information content (AvgIpc) is 2.16. The number of amidine groups is 1. The molecule has 1 unspecified atom stereocenters. The third-order valence-corrected chi connectivity index (χ3v) is 4.32. The van der Waals surface area contributed by atoms with Gasteiger partial charge in [-0.3, -0.25) is 5.41 Å². The Morgan fingerprint density at radius 1 is 1.38 bits per heavy atom. The minimum absolute atomic E-state index is 0.0315. The van der Waals surface area contributed by atoms with E-state index in [1.54, 1.807) is 17.8 Å². The maximum atomic E-state index is 7.55. The number of nitrogens with two attached hydrogens (primary N) is 1. The van der Waals surface area contributed by atoms with Gasteiger partial charge < -0.3 is 5.73 Å². The number of benzene rings is 1. The molecule has 16 heavy (non-hydrogen) atoms. The Balaban J connectivity index is 3.04. The van der Waals surface area contributed by atoms with Crippen LogP contribution in [0, 0.1) is 11.3 Å². The molecule has 88 valence electrons. The number of thioether (sulfide) groups is 1. The van der Waals surface area contributed by atoms with Gasteiger partial charge in [0.15, 0.2) is 0 Å². The fourth-order valence-corrected chi connectivity index (χ4v) is 2.70. The summed E-state index contributed by atoms with van der Waals surface area (Å²) in [7, 11) is 0. The molecule has 0 bridgehead atoms. The molecule has 0 fully saturated rings. The molecule has 0 aliphatic carbocycles. The molecule has 0 amide bonds. The molecule has 0 aliphatic heterocycles. The normalized spacial score (nSPS) is 12.8. The first-order valence-electron chi connectivity index (χ1n) is 5.23. The van der Waals surface area contributed by atoms with E-state index in [-0.39, 0.29) is 5.84 Å². The highest BCUT2D eigenvalue weighted by Gasteiger charge is 2.15. The zero-order valence-electron chi connectivity index (χ0n) is 9.75. The summed E-state index contributed by atoms with van der Waals surface area (Å²) in [5.41, 5.74) is 6.21. The summed E-state index contributed by atoms with van der Waals surface area (Å²) in [5, 5.41) is 8.57. The maximum absolute atomic E-state index is 7.55. The van der Waals surface area contributed by atoms with E-state index in [0.29, 0.717) is 21.8 Å². The lowest BCUT2D eigenvalue weighted by Gasteiger charge is -2.17. The molecule has 1 atom stereocenters. The van der Waals surface area contributed by atoms with Crippen molar-refractivity contribution in [3.8, 4) is 0 Å². The van der Waals surface area contributed by atoms with Crippen molar-refractivity contribution in [2.75, 3.05) is 0 Å². The Bertz CT molecular complexity index is 391. The van der Waals surface area contributed by atoms with Crippen LogP contribution in [0.25, 0.3) is 0 Å². The van der Waals surface area contributed by atoms with Crippen LogP contribution >= 0.6 is 23.4 Å². The van der Waals surface area contributed by atoms with Crippen LogP contribution in [0.4, 0.5) is 0 Å². The fraction of sp³-hybridized carbons (Fsp3) is 0.417. The number of rotatable bonds is 4. The smallest absolute Gasteiger partial charge is 0.125 e. The molecule has 0 heterocycles. The Hall–Kier alpha value is -0.670. The van der Waals surface area contributed by atoms with Crippen molar-refractivity contribution in [3.63, 3.8) is 0 Å². The Kier molecular flexibility index (Phi) is 4.69. The van der Waals surface area contributed by atoms with Crippen LogP contribution in [0.15, 0.2) is 23.1 Å². The largest absolute Gasteiger partial charge is 0.384 e. The Labute approximate surface area is 106 Å². The van der Waals surface area contributed by atoms with Crippen molar-refractivity contribution in [1.82, 2.24) is 0 Å². The van der Waals surface area contributed by atoms with Gasteiger partial charge in [0.2, 0.25) is 0 Å². The summed E-state index contributed by atoms with van der Waals surface area (Å²) in [6, 6.07) is 5.62. The summed E-state index contributed by atoms with van der Waals surface area (Å²) < 4.78 is 0. The van der Waals surface area contributed by atoms with E-state index < -0.39 is 0 Å². The van der Waals surface area contributed by atoms with Gasteiger partial charge in [-0.2, -0.15) is 0 Å². The minimum Gasteiger partial charge on any atom is -0.384 e. The number of halogens is 1. The summed E-state index contributed by atoms with van der Waals surface area (Å²) in [6.45, 7) is 6.52. The van der Waals surface area contributed by atoms with E-state index >= 15 is 0 Å².